The van der Waals surface area contributed by atoms with Gasteiger partial charge in [-0.2, -0.15) is 0 Å². The van der Waals surface area contributed by atoms with Gasteiger partial charge < -0.3 is 15.0 Å². The smallest absolute Gasteiger partial charge is 0.244 e. The molecule has 0 unspecified atom stereocenters. The number of sulfonamides is 1. The molecule has 0 saturated carbocycles. The zero-order valence-corrected chi connectivity index (χ0v) is 21.6. The number of ether oxygens (including phenoxy) is 1. The van der Waals surface area contributed by atoms with Gasteiger partial charge in [0.05, 0.1) is 19.1 Å². The van der Waals surface area contributed by atoms with Crippen molar-refractivity contribution in [2.75, 3.05) is 30.8 Å². The van der Waals surface area contributed by atoms with Gasteiger partial charge in [-0.3, -0.25) is 13.9 Å². The van der Waals surface area contributed by atoms with Gasteiger partial charge in [0.15, 0.2) is 0 Å². The molecule has 0 bridgehead atoms. The lowest BCUT2D eigenvalue weighted by Gasteiger charge is -2.31. The molecule has 10 heteroatoms. The highest BCUT2D eigenvalue weighted by Crippen LogP contribution is 2.22. The second-order valence-electron chi connectivity index (χ2n) is 7.59. The van der Waals surface area contributed by atoms with Crippen molar-refractivity contribution in [3.8, 4) is 5.75 Å². The Morgan fingerprint density at radius 1 is 1.15 bits per heavy atom. The van der Waals surface area contributed by atoms with E-state index >= 15 is 0 Å². The van der Waals surface area contributed by atoms with E-state index in [-0.39, 0.29) is 12.5 Å². The summed E-state index contributed by atoms with van der Waals surface area (Å²) in [7, 11) is -2.26. The summed E-state index contributed by atoms with van der Waals surface area (Å²) in [6.45, 7) is 3.78. The van der Waals surface area contributed by atoms with Crippen LogP contribution in [-0.4, -0.2) is 57.6 Å². The Bertz CT molecular complexity index is 1060. The van der Waals surface area contributed by atoms with Crippen molar-refractivity contribution < 1.29 is 22.7 Å². The standard InChI is InChI=1S/C23H30BrN3O5S/c1-5-13-25-23(29)17(2)26(15-18-7-6-8-19(24)14-18)22(28)16-27(33(4,30)31)20-9-11-21(32-3)12-10-20/h6-12,14,17H,5,13,15-16H2,1-4H3,(H,25,29)/t17-/m0/s1. The van der Waals surface area contributed by atoms with Crippen molar-refractivity contribution >= 4 is 43.5 Å². The predicted molar refractivity (Wildman–Crippen MR) is 133 cm³/mol. The van der Waals surface area contributed by atoms with Gasteiger partial charge in [-0.1, -0.05) is 35.0 Å². The van der Waals surface area contributed by atoms with Crippen LogP contribution in [0.4, 0.5) is 5.69 Å². The van der Waals surface area contributed by atoms with Crippen LogP contribution in [0.25, 0.3) is 0 Å². The zero-order chi connectivity index (χ0) is 24.6. The minimum Gasteiger partial charge on any atom is -0.497 e. The fraction of sp³-hybridized carbons (Fsp3) is 0.391. The monoisotopic (exact) mass is 539 g/mol. The molecule has 0 radical (unpaired) electrons. The third-order valence-corrected chi connectivity index (χ3v) is 6.63. The third kappa shape index (κ3) is 7.75. The Balaban J connectivity index is 2.36. The van der Waals surface area contributed by atoms with Crippen molar-refractivity contribution in [2.45, 2.75) is 32.9 Å². The zero-order valence-electron chi connectivity index (χ0n) is 19.2. The first-order valence-corrected chi connectivity index (χ1v) is 13.1. The highest BCUT2D eigenvalue weighted by molar-refractivity contribution is 9.10. The van der Waals surface area contributed by atoms with Gasteiger partial charge in [0.1, 0.15) is 18.3 Å². The molecule has 0 aliphatic carbocycles. The van der Waals surface area contributed by atoms with Gasteiger partial charge in [0.25, 0.3) is 0 Å². The Morgan fingerprint density at radius 3 is 2.36 bits per heavy atom. The first-order valence-electron chi connectivity index (χ1n) is 10.5. The van der Waals surface area contributed by atoms with Crippen LogP contribution in [0.1, 0.15) is 25.8 Å². The molecule has 2 aromatic rings. The number of carbonyl (C=O) groups is 2. The van der Waals surface area contributed by atoms with Gasteiger partial charge in [-0.15, -0.1) is 0 Å². The topological polar surface area (TPSA) is 96.0 Å². The first-order chi connectivity index (χ1) is 15.6. The van der Waals surface area contributed by atoms with Crippen molar-refractivity contribution in [3.05, 3.63) is 58.6 Å². The van der Waals surface area contributed by atoms with Crippen LogP contribution in [-0.2, 0) is 26.2 Å². The van der Waals surface area contributed by atoms with Crippen LogP contribution in [0.2, 0.25) is 0 Å². The van der Waals surface area contributed by atoms with Gasteiger partial charge in [0, 0.05) is 17.6 Å². The lowest BCUT2D eigenvalue weighted by Crippen LogP contribution is -2.51. The molecular formula is C23H30BrN3O5S. The SMILES string of the molecule is CCCNC(=O)[C@H](C)N(Cc1cccc(Br)c1)C(=O)CN(c1ccc(OC)cc1)S(C)(=O)=O. The number of benzene rings is 2. The lowest BCUT2D eigenvalue weighted by atomic mass is 10.1. The maximum absolute atomic E-state index is 13.4. The molecule has 8 nitrogen and oxygen atoms in total. The second kappa shape index (κ2) is 12.0. The van der Waals surface area contributed by atoms with Gasteiger partial charge in [-0.25, -0.2) is 8.42 Å². The molecule has 0 spiro atoms. The van der Waals surface area contributed by atoms with Gasteiger partial charge in [-0.05, 0) is 55.3 Å². The number of carbonyl (C=O) groups excluding carboxylic acids is 2. The van der Waals surface area contributed by atoms with E-state index in [1.54, 1.807) is 31.2 Å². The van der Waals surface area contributed by atoms with E-state index in [0.29, 0.717) is 18.0 Å². The van der Waals surface area contributed by atoms with Crippen LogP contribution < -0.4 is 14.4 Å². The van der Waals surface area contributed by atoms with Crippen molar-refractivity contribution in [3.63, 3.8) is 0 Å². The molecule has 180 valence electrons. The van der Waals surface area contributed by atoms with Crippen molar-refractivity contribution in [1.82, 2.24) is 10.2 Å². The van der Waals surface area contributed by atoms with Crippen LogP contribution in [0, 0.1) is 0 Å². The third-order valence-electron chi connectivity index (χ3n) is 5.00. The second-order valence-corrected chi connectivity index (χ2v) is 10.4. The molecule has 0 saturated heterocycles. The van der Waals surface area contributed by atoms with Crippen LogP contribution >= 0.6 is 15.9 Å². The molecule has 1 N–H and O–H groups in total. The average Bonchev–Trinajstić information content (AvgIpc) is 2.78. The predicted octanol–water partition coefficient (Wildman–Crippen LogP) is 3.17. The minimum absolute atomic E-state index is 0.152. The number of anilines is 1. The largest absolute Gasteiger partial charge is 0.497 e. The maximum atomic E-state index is 13.4. The van der Waals surface area contributed by atoms with Crippen molar-refractivity contribution in [1.29, 1.82) is 0 Å². The van der Waals surface area contributed by atoms with Gasteiger partial charge >= 0.3 is 0 Å². The molecule has 0 aromatic heterocycles. The highest BCUT2D eigenvalue weighted by atomic mass is 79.9. The van der Waals surface area contributed by atoms with E-state index in [2.05, 4.69) is 21.2 Å². The number of hydrogen-bond donors (Lipinski definition) is 1. The summed E-state index contributed by atoms with van der Waals surface area (Å²) in [6.07, 6.45) is 1.80. The number of amides is 2. The fourth-order valence-corrected chi connectivity index (χ4v) is 4.47. The summed E-state index contributed by atoms with van der Waals surface area (Å²) in [5.41, 5.74) is 1.14. The Labute approximate surface area is 204 Å². The molecule has 2 rings (SSSR count). The molecule has 33 heavy (non-hydrogen) atoms. The summed E-state index contributed by atoms with van der Waals surface area (Å²) >= 11 is 3.42. The lowest BCUT2D eigenvalue weighted by molar-refractivity contribution is -0.139. The summed E-state index contributed by atoms with van der Waals surface area (Å²) in [4.78, 5) is 27.5. The van der Waals surface area contributed by atoms with E-state index in [0.717, 1.165) is 27.0 Å². The van der Waals surface area contributed by atoms with Crippen LogP contribution in [0.5, 0.6) is 5.75 Å². The maximum Gasteiger partial charge on any atom is 0.244 e. The molecular weight excluding hydrogens is 510 g/mol. The molecule has 2 amide bonds. The van der Waals surface area contributed by atoms with Crippen LogP contribution in [0.3, 0.4) is 0 Å². The fourth-order valence-electron chi connectivity index (χ4n) is 3.17. The van der Waals surface area contributed by atoms with E-state index < -0.39 is 28.5 Å². The first kappa shape index (κ1) is 26.7. The summed E-state index contributed by atoms with van der Waals surface area (Å²) in [6, 6.07) is 13.0. The number of hydrogen-bond acceptors (Lipinski definition) is 5. The summed E-state index contributed by atoms with van der Waals surface area (Å²) in [5, 5.41) is 2.80. The Hall–Kier alpha value is -2.59. The summed E-state index contributed by atoms with van der Waals surface area (Å²) < 4.78 is 32.1. The quantitative estimate of drug-likeness (QED) is 0.473. The Morgan fingerprint density at radius 2 is 1.82 bits per heavy atom. The summed E-state index contributed by atoms with van der Waals surface area (Å²) in [5.74, 6) is -0.220. The number of nitrogens with one attached hydrogen (secondary N) is 1. The van der Waals surface area contributed by atoms with Crippen LogP contribution in [0.15, 0.2) is 53.0 Å². The van der Waals surface area contributed by atoms with E-state index in [1.165, 1.54) is 12.0 Å². The highest BCUT2D eigenvalue weighted by Gasteiger charge is 2.30. The van der Waals surface area contributed by atoms with E-state index in [4.69, 9.17) is 4.74 Å². The molecule has 0 heterocycles. The number of halogens is 1. The number of nitrogens with zero attached hydrogens (tertiary/aromatic N) is 2. The molecule has 1 atom stereocenters. The van der Waals surface area contributed by atoms with E-state index in [9.17, 15) is 18.0 Å². The van der Waals surface area contributed by atoms with Gasteiger partial charge in [0.2, 0.25) is 21.8 Å². The average molecular weight is 540 g/mol. The molecule has 0 aliphatic heterocycles. The molecule has 0 fully saturated rings. The Kier molecular flexibility index (Phi) is 9.72. The number of rotatable bonds is 11. The van der Waals surface area contributed by atoms with E-state index in [1.807, 2.05) is 31.2 Å². The normalized spacial score (nSPS) is 12.0. The van der Waals surface area contributed by atoms with Crippen molar-refractivity contribution in [2.24, 2.45) is 0 Å². The minimum atomic E-state index is -3.77. The number of methoxy groups -OCH3 is 1. The molecule has 2 aromatic carbocycles. The molecule has 0 aliphatic rings.